The summed E-state index contributed by atoms with van der Waals surface area (Å²) in [7, 11) is 0. The minimum Gasteiger partial charge on any atom is -0.490 e. The number of ether oxygens (including phenoxy) is 1. The summed E-state index contributed by atoms with van der Waals surface area (Å²) in [6.07, 6.45) is 4.26. The Morgan fingerprint density at radius 2 is 1.52 bits per heavy atom. The van der Waals surface area contributed by atoms with Crippen LogP contribution in [0, 0.1) is 17.3 Å². The maximum atomic E-state index is 11.1. The van der Waals surface area contributed by atoms with E-state index in [0.29, 0.717) is 11.5 Å². The number of carbonyl (C=O) groups excluding carboxylic acids is 1. The number of amides is 1. The third-order valence-electron chi connectivity index (χ3n) is 6.78. The molecule has 166 valence electrons. The van der Waals surface area contributed by atoms with E-state index in [1.54, 1.807) is 0 Å². The highest BCUT2D eigenvalue weighted by Gasteiger charge is 2.41. The van der Waals surface area contributed by atoms with Crippen LogP contribution >= 0.6 is 0 Å². The number of nitrogens with zero attached hydrogens (tertiary/aromatic N) is 1. The minimum absolute atomic E-state index is 0.283. The van der Waals surface area contributed by atoms with Gasteiger partial charge in [0.15, 0.2) is 0 Å². The number of carbonyl (C=O) groups is 1. The largest absolute Gasteiger partial charge is 0.490 e. The van der Waals surface area contributed by atoms with Crippen LogP contribution in [0.15, 0.2) is 48.5 Å². The average Bonchev–Trinajstić information content (AvgIpc) is 3.25. The molecule has 1 saturated carbocycles. The Morgan fingerprint density at radius 3 is 2.03 bits per heavy atom. The molecule has 1 saturated heterocycles. The molecule has 4 heteroatoms. The van der Waals surface area contributed by atoms with Crippen LogP contribution in [0.25, 0.3) is 11.1 Å². The first-order chi connectivity index (χ1) is 14.7. The molecule has 1 aliphatic carbocycles. The first-order valence-corrected chi connectivity index (χ1v) is 11.6. The van der Waals surface area contributed by atoms with Gasteiger partial charge in [0, 0.05) is 13.1 Å². The molecule has 1 unspecified atom stereocenters. The average molecular weight is 421 g/mol. The van der Waals surface area contributed by atoms with E-state index in [1.807, 2.05) is 24.3 Å². The van der Waals surface area contributed by atoms with Crippen molar-refractivity contribution in [2.24, 2.45) is 23.0 Å². The molecule has 4 rings (SSSR count). The highest BCUT2D eigenvalue weighted by Crippen LogP contribution is 2.40. The Kier molecular flexibility index (Phi) is 6.38. The lowest BCUT2D eigenvalue weighted by Gasteiger charge is -2.24. The summed E-state index contributed by atoms with van der Waals surface area (Å²) in [6, 6.07) is 16.4. The van der Waals surface area contributed by atoms with Crippen molar-refractivity contribution >= 4 is 5.91 Å². The van der Waals surface area contributed by atoms with Crippen LogP contribution < -0.4 is 10.5 Å². The van der Waals surface area contributed by atoms with Crippen LogP contribution in [-0.4, -0.2) is 36.5 Å². The summed E-state index contributed by atoms with van der Waals surface area (Å²) in [5.41, 5.74) is 8.91. The van der Waals surface area contributed by atoms with Crippen LogP contribution in [0.3, 0.4) is 0 Å². The van der Waals surface area contributed by atoms with Crippen molar-refractivity contribution in [3.05, 3.63) is 54.1 Å². The lowest BCUT2D eigenvalue weighted by Crippen LogP contribution is -2.27. The molecule has 1 amide bonds. The van der Waals surface area contributed by atoms with Gasteiger partial charge in [-0.2, -0.15) is 0 Å². The van der Waals surface area contributed by atoms with Gasteiger partial charge in [-0.1, -0.05) is 57.2 Å². The molecule has 0 bridgehead atoms. The number of rotatable bonds is 7. The molecule has 3 atom stereocenters. The summed E-state index contributed by atoms with van der Waals surface area (Å²) in [4.78, 5) is 13.7. The van der Waals surface area contributed by atoms with E-state index in [2.05, 4.69) is 49.9 Å². The van der Waals surface area contributed by atoms with Crippen molar-refractivity contribution in [1.82, 2.24) is 4.90 Å². The second-order valence-corrected chi connectivity index (χ2v) is 10.7. The van der Waals surface area contributed by atoms with E-state index in [9.17, 15) is 4.79 Å². The topological polar surface area (TPSA) is 55.6 Å². The number of likely N-dealkylation sites (tertiary alicyclic amines) is 1. The van der Waals surface area contributed by atoms with Gasteiger partial charge in [-0.3, -0.25) is 4.79 Å². The summed E-state index contributed by atoms with van der Waals surface area (Å²) in [5.74, 6) is 2.25. The fourth-order valence-electron chi connectivity index (χ4n) is 5.05. The molecule has 0 aromatic heterocycles. The molecular weight excluding hydrogens is 384 g/mol. The summed E-state index contributed by atoms with van der Waals surface area (Å²) < 4.78 is 6.34. The molecule has 2 aliphatic rings. The van der Waals surface area contributed by atoms with E-state index < -0.39 is 0 Å². The predicted molar refractivity (Wildman–Crippen MR) is 126 cm³/mol. The summed E-state index contributed by atoms with van der Waals surface area (Å²) in [6.45, 7) is 10.7. The van der Waals surface area contributed by atoms with Crippen LogP contribution in [-0.2, 0) is 11.2 Å². The quantitative estimate of drug-likeness (QED) is 0.693. The van der Waals surface area contributed by atoms with Gasteiger partial charge in [0.25, 0.3) is 0 Å². The zero-order chi connectivity index (χ0) is 22.0. The first-order valence-electron chi connectivity index (χ1n) is 11.6. The molecular formula is C27H36N2O2. The van der Waals surface area contributed by atoms with Crippen molar-refractivity contribution in [3.8, 4) is 16.9 Å². The van der Waals surface area contributed by atoms with Gasteiger partial charge in [-0.25, -0.2) is 0 Å². The molecule has 0 radical (unpaired) electrons. The van der Waals surface area contributed by atoms with Crippen LogP contribution in [0.1, 0.15) is 45.6 Å². The lowest BCUT2D eigenvalue weighted by molar-refractivity contribution is -0.117. The van der Waals surface area contributed by atoms with Gasteiger partial charge in [-0.15, -0.1) is 0 Å². The van der Waals surface area contributed by atoms with Crippen LogP contribution in [0.4, 0.5) is 0 Å². The van der Waals surface area contributed by atoms with Crippen molar-refractivity contribution in [3.63, 3.8) is 0 Å². The summed E-state index contributed by atoms with van der Waals surface area (Å²) in [5, 5.41) is 0. The van der Waals surface area contributed by atoms with Gasteiger partial charge in [0.1, 0.15) is 5.75 Å². The zero-order valence-electron chi connectivity index (χ0n) is 19.1. The highest BCUT2D eigenvalue weighted by molar-refractivity contribution is 5.77. The van der Waals surface area contributed by atoms with Gasteiger partial charge < -0.3 is 15.4 Å². The minimum atomic E-state index is -0.303. The standard InChI is InChI=1S/C27H36N2O2/c1-27(2,3)12-13-29-17-22-15-25(16-23(22)18-29)31-24-10-8-21(9-11-24)20-6-4-19(5-7-20)14-26(28)30/h4-11,22-23,25H,12-18H2,1-3H3,(H2,28,30)/t22-,23+,25?. The molecule has 4 nitrogen and oxygen atoms in total. The van der Waals surface area contributed by atoms with Gasteiger partial charge in [0.05, 0.1) is 12.5 Å². The smallest absolute Gasteiger partial charge is 0.221 e. The Bertz CT molecular complexity index is 869. The monoisotopic (exact) mass is 420 g/mol. The highest BCUT2D eigenvalue weighted by atomic mass is 16.5. The Labute approximate surface area is 186 Å². The molecule has 1 heterocycles. The van der Waals surface area contributed by atoms with Crippen molar-refractivity contribution in [1.29, 1.82) is 0 Å². The predicted octanol–water partition coefficient (Wildman–Crippen LogP) is 4.91. The molecule has 2 fully saturated rings. The number of primary amides is 1. The van der Waals surface area contributed by atoms with Gasteiger partial charge in [-0.05, 0) is 71.9 Å². The van der Waals surface area contributed by atoms with Gasteiger partial charge >= 0.3 is 0 Å². The fraction of sp³-hybridized carbons (Fsp3) is 0.519. The van der Waals surface area contributed by atoms with Crippen molar-refractivity contribution in [2.45, 2.75) is 52.6 Å². The SMILES string of the molecule is CC(C)(C)CCN1C[C@H]2CC(Oc3ccc(-c4ccc(CC(N)=O)cc4)cc3)C[C@H]2C1. The number of fused-ring (bicyclic) bond motifs is 1. The number of hydrogen-bond acceptors (Lipinski definition) is 3. The number of nitrogens with two attached hydrogens (primary N) is 1. The van der Waals surface area contributed by atoms with Crippen LogP contribution in [0.5, 0.6) is 5.75 Å². The Hall–Kier alpha value is -2.33. The molecule has 2 aromatic carbocycles. The maximum Gasteiger partial charge on any atom is 0.221 e. The Balaban J connectivity index is 1.27. The number of hydrogen-bond donors (Lipinski definition) is 1. The Morgan fingerprint density at radius 1 is 0.968 bits per heavy atom. The van der Waals surface area contributed by atoms with Crippen LogP contribution in [0.2, 0.25) is 0 Å². The maximum absolute atomic E-state index is 11.1. The summed E-state index contributed by atoms with van der Waals surface area (Å²) >= 11 is 0. The van der Waals surface area contributed by atoms with Gasteiger partial charge in [0.2, 0.25) is 5.91 Å². The first kappa shape index (κ1) is 21.9. The molecule has 1 aliphatic heterocycles. The zero-order valence-corrected chi connectivity index (χ0v) is 19.1. The third kappa shape index (κ3) is 5.88. The number of benzene rings is 2. The molecule has 0 spiro atoms. The normalized spacial score (nSPS) is 23.6. The molecule has 31 heavy (non-hydrogen) atoms. The fourth-order valence-corrected chi connectivity index (χ4v) is 5.05. The lowest BCUT2D eigenvalue weighted by atomic mass is 9.92. The second-order valence-electron chi connectivity index (χ2n) is 10.7. The second kappa shape index (κ2) is 9.04. The molecule has 2 N–H and O–H groups in total. The van der Waals surface area contributed by atoms with E-state index in [0.717, 1.165) is 34.3 Å². The van der Waals surface area contributed by atoms with Crippen molar-refractivity contribution in [2.75, 3.05) is 19.6 Å². The van der Waals surface area contributed by atoms with E-state index in [4.69, 9.17) is 10.5 Å². The van der Waals surface area contributed by atoms with E-state index >= 15 is 0 Å². The third-order valence-corrected chi connectivity index (χ3v) is 6.78. The van der Waals surface area contributed by atoms with E-state index in [1.165, 1.54) is 38.9 Å². The van der Waals surface area contributed by atoms with Crippen molar-refractivity contribution < 1.29 is 9.53 Å². The molecule has 2 aromatic rings. The van der Waals surface area contributed by atoms with E-state index in [-0.39, 0.29) is 12.3 Å².